The molecule has 2 aliphatic carbocycles. The molecule has 1 saturated heterocycles. The first kappa shape index (κ1) is 29.1. The molecule has 38 heavy (non-hydrogen) atoms. The molecule has 0 unspecified atom stereocenters. The number of aliphatic hydroxyl groups is 2. The van der Waals surface area contributed by atoms with Crippen molar-refractivity contribution in [1.29, 1.82) is 0 Å². The van der Waals surface area contributed by atoms with Gasteiger partial charge in [0.2, 0.25) is 0 Å². The fraction of sp³-hybridized carbons (Fsp3) is 0.720. The number of hydrogen-bond acceptors (Lipinski definition) is 8. The zero-order chi connectivity index (χ0) is 27.1. The smallest absolute Gasteiger partial charge is 0.392 e. The molecule has 3 aliphatic rings. The summed E-state index contributed by atoms with van der Waals surface area (Å²) in [6, 6.07) is 4.10. The SMILES string of the molecule is O=C(Cc1cc[n+]([C@@H]2O[C@H](COP(=O)(O)O)[C@@H](O)[C@H]2O)cc1)O/C(=N/C1CCCCC1)NC1CCCCC1. The number of nitrogens with one attached hydrogen (secondary N) is 1. The number of pyridine rings is 1. The summed E-state index contributed by atoms with van der Waals surface area (Å²) >= 11 is 0. The minimum atomic E-state index is -4.74. The predicted octanol–water partition coefficient (Wildman–Crippen LogP) is 1.40. The molecule has 5 N–H and O–H groups in total. The van der Waals surface area contributed by atoms with Crippen LogP contribution in [0.4, 0.5) is 0 Å². The van der Waals surface area contributed by atoms with Gasteiger partial charge in [-0.1, -0.05) is 38.5 Å². The number of carbonyl (C=O) groups is 1. The van der Waals surface area contributed by atoms with Gasteiger partial charge in [0.1, 0.15) is 12.2 Å². The van der Waals surface area contributed by atoms with Crippen LogP contribution in [0.25, 0.3) is 0 Å². The number of carbonyl (C=O) groups excluding carboxylic acids is 1. The lowest BCUT2D eigenvalue weighted by atomic mass is 9.95. The van der Waals surface area contributed by atoms with E-state index in [1.54, 1.807) is 24.5 Å². The molecule has 4 rings (SSSR count). The van der Waals surface area contributed by atoms with Crippen molar-refractivity contribution >= 4 is 19.8 Å². The van der Waals surface area contributed by atoms with Crippen molar-refractivity contribution in [1.82, 2.24) is 5.32 Å². The number of esters is 1. The van der Waals surface area contributed by atoms with Crippen LogP contribution in [0.3, 0.4) is 0 Å². The maximum Gasteiger partial charge on any atom is 0.469 e. The molecule has 1 aromatic heterocycles. The molecule has 0 aromatic carbocycles. The molecule has 1 aromatic rings. The summed E-state index contributed by atoms with van der Waals surface area (Å²) in [6.45, 7) is -0.580. The molecule has 3 fully saturated rings. The summed E-state index contributed by atoms with van der Waals surface area (Å²) < 4.78 is 28.1. The van der Waals surface area contributed by atoms with Crippen LogP contribution in [-0.4, -0.2) is 69.0 Å². The monoisotopic (exact) mass is 556 g/mol. The second-order valence-electron chi connectivity index (χ2n) is 10.3. The van der Waals surface area contributed by atoms with Crippen molar-refractivity contribution in [3.63, 3.8) is 0 Å². The average molecular weight is 557 g/mol. The van der Waals surface area contributed by atoms with Crippen molar-refractivity contribution in [3.8, 4) is 0 Å². The fourth-order valence-corrected chi connectivity index (χ4v) is 5.58. The largest absolute Gasteiger partial charge is 0.469 e. The second-order valence-corrected chi connectivity index (χ2v) is 11.6. The van der Waals surface area contributed by atoms with Crippen molar-refractivity contribution in [2.24, 2.45) is 4.99 Å². The number of aliphatic imine (C=N–C) groups is 1. The molecule has 0 spiro atoms. The number of amidine groups is 1. The number of hydrogen-bond donors (Lipinski definition) is 5. The van der Waals surface area contributed by atoms with E-state index in [0.717, 1.165) is 51.4 Å². The molecule has 13 heteroatoms. The van der Waals surface area contributed by atoms with E-state index in [0.29, 0.717) is 11.6 Å². The molecular weight excluding hydrogens is 517 g/mol. The highest BCUT2D eigenvalue weighted by Crippen LogP contribution is 2.37. The molecule has 12 nitrogen and oxygen atoms in total. The Balaban J connectivity index is 1.34. The first-order valence-electron chi connectivity index (χ1n) is 13.4. The van der Waals surface area contributed by atoms with Gasteiger partial charge in [0.25, 0.3) is 12.2 Å². The summed E-state index contributed by atoms with van der Waals surface area (Å²) in [7, 11) is -4.74. The summed E-state index contributed by atoms with van der Waals surface area (Å²) in [6.07, 6.45) is 9.45. The molecule has 0 bridgehead atoms. The summed E-state index contributed by atoms with van der Waals surface area (Å²) in [5, 5.41) is 23.9. The minimum Gasteiger partial charge on any atom is -0.392 e. The Labute approximate surface area is 222 Å². The highest BCUT2D eigenvalue weighted by Gasteiger charge is 2.48. The van der Waals surface area contributed by atoms with E-state index in [2.05, 4.69) is 9.84 Å². The van der Waals surface area contributed by atoms with Crippen LogP contribution in [-0.2, 0) is 29.8 Å². The lowest BCUT2D eigenvalue weighted by Crippen LogP contribution is -2.45. The zero-order valence-electron chi connectivity index (χ0n) is 21.4. The third-order valence-corrected chi connectivity index (χ3v) is 7.81. The van der Waals surface area contributed by atoms with Crippen molar-refractivity contribution in [2.45, 2.75) is 107 Å². The van der Waals surface area contributed by atoms with Crippen LogP contribution in [0.2, 0.25) is 0 Å². The first-order valence-corrected chi connectivity index (χ1v) is 15.0. The number of aliphatic hydroxyl groups excluding tert-OH is 2. The molecule has 2 saturated carbocycles. The quantitative estimate of drug-likeness (QED) is 0.104. The van der Waals surface area contributed by atoms with Gasteiger partial charge in [0.15, 0.2) is 18.5 Å². The van der Waals surface area contributed by atoms with Crippen molar-refractivity contribution in [2.75, 3.05) is 6.61 Å². The molecule has 0 amide bonds. The van der Waals surface area contributed by atoms with E-state index in [1.165, 1.54) is 17.4 Å². The van der Waals surface area contributed by atoms with Gasteiger partial charge in [-0.2, -0.15) is 4.57 Å². The van der Waals surface area contributed by atoms with Gasteiger partial charge >= 0.3 is 13.8 Å². The van der Waals surface area contributed by atoms with E-state index < -0.39 is 44.9 Å². The zero-order valence-corrected chi connectivity index (χ0v) is 22.3. The Morgan fingerprint density at radius 3 is 2.29 bits per heavy atom. The van der Waals surface area contributed by atoms with E-state index in [9.17, 15) is 19.6 Å². The second kappa shape index (κ2) is 13.4. The minimum absolute atomic E-state index is 0.0202. The average Bonchev–Trinajstić information content (AvgIpc) is 3.17. The Morgan fingerprint density at radius 1 is 1.03 bits per heavy atom. The number of nitrogens with zero attached hydrogens (tertiary/aromatic N) is 2. The molecule has 4 atom stereocenters. The van der Waals surface area contributed by atoms with Gasteiger partial charge in [0, 0.05) is 18.2 Å². The van der Waals surface area contributed by atoms with Gasteiger partial charge in [-0.3, -0.25) is 9.32 Å². The maximum atomic E-state index is 12.8. The molecule has 2 heterocycles. The Morgan fingerprint density at radius 2 is 1.66 bits per heavy atom. The molecular formula is C25H39N3O9P+. The number of ether oxygens (including phenoxy) is 2. The summed E-state index contributed by atoms with van der Waals surface area (Å²) in [4.78, 5) is 35.3. The van der Waals surface area contributed by atoms with Crippen LogP contribution in [0.15, 0.2) is 29.5 Å². The highest BCUT2D eigenvalue weighted by molar-refractivity contribution is 7.46. The number of phosphoric acid groups is 1. The lowest BCUT2D eigenvalue weighted by molar-refractivity contribution is -0.765. The van der Waals surface area contributed by atoms with Crippen LogP contribution < -0.4 is 9.88 Å². The van der Waals surface area contributed by atoms with Crippen molar-refractivity contribution < 1.29 is 47.9 Å². The van der Waals surface area contributed by atoms with Gasteiger partial charge in [-0.05, 0) is 31.2 Å². The maximum absolute atomic E-state index is 12.8. The molecule has 1 aliphatic heterocycles. The number of phosphoric ester groups is 1. The normalized spacial score (nSPS) is 27.8. The predicted molar refractivity (Wildman–Crippen MR) is 135 cm³/mol. The van der Waals surface area contributed by atoms with Crippen LogP contribution in [0.5, 0.6) is 0 Å². The number of aromatic nitrogens is 1. The molecule has 212 valence electrons. The first-order chi connectivity index (χ1) is 18.2. The third-order valence-electron chi connectivity index (χ3n) is 7.33. The lowest BCUT2D eigenvalue weighted by Gasteiger charge is -2.25. The highest BCUT2D eigenvalue weighted by atomic mass is 31.2. The van der Waals surface area contributed by atoms with Crippen LogP contribution >= 0.6 is 7.82 Å². The van der Waals surface area contributed by atoms with Gasteiger partial charge in [0.05, 0.1) is 19.1 Å². The Bertz CT molecular complexity index is 990. The van der Waals surface area contributed by atoms with Gasteiger partial charge in [-0.25, -0.2) is 9.56 Å². The van der Waals surface area contributed by atoms with E-state index in [4.69, 9.17) is 24.3 Å². The molecule has 0 radical (unpaired) electrons. The van der Waals surface area contributed by atoms with Crippen LogP contribution in [0.1, 0.15) is 76.0 Å². The van der Waals surface area contributed by atoms with Crippen LogP contribution in [0, 0.1) is 0 Å². The van der Waals surface area contributed by atoms with E-state index >= 15 is 0 Å². The van der Waals surface area contributed by atoms with Crippen molar-refractivity contribution in [3.05, 3.63) is 30.1 Å². The van der Waals surface area contributed by atoms with E-state index in [-0.39, 0.29) is 18.5 Å². The number of rotatable bonds is 8. The Hall–Kier alpha value is -1.92. The topological polar surface area (TPSA) is 171 Å². The third kappa shape index (κ3) is 8.54. The summed E-state index contributed by atoms with van der Waals surface area (Å²) in [5.74, 6) is -0.428. The Kier molecular flexibility index (Phi) is 10.3. The fourth-order valence-electron chi connectivity index (χ4n) is 5.24. The van der Waals surface area contributed by atoms with E-state index in [1.807, 2.05) is 0 Å². The van der Waals surface area contributed by atoms with Gasteiger partial charge < -0.3 is 34.8 Å². The van der Waals surface area contributed by atoms with Gasteiger partial charge in [-0.15, -0.1) is 0 Å². The summed E-state index contributed by atoms with van der Waals surface area (Å²) in [5.41, 5.74) is 0.676. The standard InChI is InChI=1S/C25H38N3O9P/c29-21(37-25(26-18-7-3-1-4-8-18)27-19-9-5-2-6-10-19)15-17-11-13-28(14-12-17)24-23(31)22(30)20(36-24)16-35-38(32,33)34/h11-14,18-20,22-24,30-31H,1-10,15-16H2,(H2-,26,27,32,33,34)/p+1/t20-,22-,23-,24-/m1/s1.